The molecule has 0 radical (unpaired) electrons. The van der Waals surface area contributed by atoms with Crippen molar-refractivity contribution >= 4 is 33.2 Å². The Balaban J connectivity index is 2.69. The Bertz CT molecular complexity index is 436. The fraction of sp³-hybridized carbons (Fsp3) is 0.417. The number of benzene rings is 1. The zero-order valence-electron chi connectivity index (χ0n) is 10.5. The molecule has 3 N–H and O–H groups in total. The second-order valence-corrected chi connectivity index (χ2v) is 4.63. The van der Waals surface area contributed by atoms with Gasteiger partial charge in [0.2, 0.25) is 5.91 Å². The van der Waals surface area contributed by atoms with E-state index in [4.69, 9.17) is 5.73 Å². The molecular formula is C12H17BrFN3O. The van der Waals surface area contributed by atoms with E-state index < -0.39 is 5.82 Å². The minimum Gasteiger partial charge on any atom is -0.397 e. The Morgan fingerprint density at radius 3 is 2.61 bits per heavy atom. The first-order chi connectivity index (χ1) is 8.49. The SMILES string of the molecule is CCN(CC)C(=O)CNc1cc(F)c(Br)cc1N. The minimum atomic E-state index is -0.415. The summed E-state index contributed by atoms with van der Waals surface area (Å²) >= 11 is 3.05. The second kappa shape index (κ2) is 6.58. The van der Waals surface area contributed by atoms with Gasteiger partial charge in [-0.3, -0.25) is 4.79 Å². The number of anilines is 2. The van der Waals surface area contributed by atoms with Crippen molar-refractivity contribution in [1.82, 2.24) is 4.90 Å². The number of hydrogen-bond donors (Lipinski definition) is 2. The Kier molecular flexibility index (Phi) is 5.40. The van der Waals surface area contributed by atoms with Crippen LogP contribution in [-0.4, -0.2) is 30.4 Å². The average molecular weight is 318 g/mol. The van der Waals surface area contributed by atoms with Gasteiger partial charge in [0.1, 0.15) is 5.82 Å². The van der Waals surface area contributed by atoms with Gasteiger partial charge < -0.3 is 16.0 Å². The van der Waals surface area contributed by atoms with E-state index in [1.54, 1.807) is 4.90 Å². The molecule has 0 fully saturated rings. The molecule has 0 saturated heterocycles. The first-order valence-corrected chi connectivity index (χ1v) is 6.55. The van der Waals surface area contributed by atoms with Crippen molar-refractivity contribution in [3.8, 4) is 0 Å². The van der Waals surface area contributed by atoms with Crippen LogP contribution in [0.5, 0.6) is 0 Å². The van der Waals surface area contributed by atoms with E-state index in [2.05, 4.69) is 21.2 Å². The van der Waals surface area contributed by atoms with Crippen molar-refractivity contribution in [2.45, 2.75) is 13.8 Å². The number of carbonyl (C=O) groups is 1. The van der Waals surface area contributed by atoms with Crippen LogP contribution in [-0.2, 0) is 4.79 Å². The van der Waals surface area contributed by atoms with Gasteiger partial charge in [-0.1, -0.05) is 0 Å². The molecule has 18 heavy (non-hydrogen) atoms. The molecule has 1 aromatic carbocycles. The fourth-order valence-corrected chi connectivity index (χ4v) is 1.94. The van der Waals surface area contributed by atoms with Crippen LogP contribution in [0.25, 0.3) is 0 Å². The van der Waals surface area contributed by atoms with Crippen molar-refractivity contribution in [1.29, 1.82) is 0 Å². The zero-order chi connectivity index (χ0) is 13.7. The molecule has 0 unspecified atom stereocenters. The molecule has 6 heteroatoms. The molecule has 0 bridgehead atoms. The molecule has 0 aliphatic heterocycles. The molecule has 1 aromatic rings. The van der Waals surface area contributed by atoms with Gasteiger partial charge in [0, 0.05) is 19.2 Å². The van der Waals surface area contributed by atoms with Gasteiger partial charge in [-0.05, 0) is 35.8 Å². The van der Waals surface area contributed by atoms with Gasteiger partial charge in [-0.2, -0.15) is 0 Å². The van der Waals surface area contributed by atoms with E-state index in [0.717, 1.165) is 0 Å². The standard InChI is InChI=1S/C12H17BrFN3O/c1-3-17(4-2)12(18)7-16-11-6-9(14)8(13)5-10(11)15/h5-6,16H,3-4,7,15H2,1-2H3. The fourth-order valence-electron chi connectivity index (χ4n) is 1.57. The number of likely N-dealkylation sites (N-methyl/N-ethyl adjacent to an activating group) is 1. The highest BCUT2D eigenvalue weighted by atomic mass is 79.9. The second-order valence-electron chi connectivity index (χ2n) is 3.77. The lowest BCUT2D eigenvalue weighted by Gasteiger charge is -2.19. The predicted octanol–water partition coefficient (Wildman–Crippen LogP) is 2.45. The molecular weight excluding hydrogens is 301 g/mol. The zero-order valence-corrected chi connectivity index (χ0v) is 12.1. The highest BCUT2D eigenvalue weighted by Gasteiger charge is 2.11. The van der Waals surface area contributed by atoms with Crippen LogP contribution in [0.15, 0.2) is 16.6 Å². The van der Waals surface area contributed by atoms with E-state index in [1.165, 1.54) is 12.1 Å². The normalized spacial score (nSPS) is 10.2. The third-order valence-electron chi connectivity index (χ3n) is 2.64. The number of nitrogens with zero attached hydrogens (tertiary/aromatic N) is 1. The minimum absolute atomic E-state index is 0.0391. The Morgan fingerprint density at radius 2 is 2.06 bits per heavy atom. The molecule has 4 nitrogen and oxygen atoms in total. The Morgan fingerprint density at radius 1 is 1.44 bits per heavy atom. The summed E-state index contributed by atoms with van der Waals surface area (Å²) in [6, 6.07) is 2.74. The first kappa shape index (κ1) is 14.8. The number of hydrogen-bond acceptors (Lipinski definition) is 3. The van der Waals surface area contributed by atoms with Crippen molar-refractivity contribution in [3.63, 3.8) is 0 Å². The van der Waals surface area contributed by atoms with Crippen LogP contribution in [0.3, 0.4) is 0 Å². The van der Waals surface area contributed by atoms with Crippen LogP contribution < -0.4 is 11.1 Å². The number of halogens is 2. The largest absolute Gasteiger partial charge is 0.397 e. The third-order valence-corrected chi connectivity index (χ3v) is 3.25. The summed E-state index contributed by atoms with van der Waals surface area (Å²) in [4.78, 5) is 13.5. The van der Waals surface area contributed by atoms with Crippen molar-refractivity contribution < 1.29 is 9.18 Å². The van der Waals surface area contributed by atoms with E-state index >= 15 is 0 Å². The topological polar surface area (TPSA) is 58.4 Å². The van der Waals surface area contributed by atoms with Crippen LogP contribution in [0.4, 0.5) is 15.8 Å². The summed E-state index contributed by atoms with van der Waals surface area (Å²) in [6.07, 6.45) is 0. The summed E-state index contributed by atoms with van der Waals surface area (Å²) < 4.78 is 13.6. The van der Waals surface area contributed by atoms with Gasteiger partial charge in [0.15, 0.2) is 0 Å². The Hall–Kier alpha value is -1.30. The molecule has 1 rings (SSSR count). The number of nitrogen functional groups attached to an aromatic ring is 1. The quantitative estimate of drug-likeness (QED) is 0.820. The summed E-state index contributed by atoms with van der Waals surface area (Å²) in [5, 5.41) is 2.85. The summed E-state index contributed by atoms with van der Waals surface area (Å²) in [5.74, 6) is -0.454. The maximum absolute atomic E-state index is 13.3. The third kappa shape index (κ3) is 3.60. The van der Waals surface area contributed by atoms with Crippen molar-refractivity contribution in [3.05, 3.63) is 22.4 Å². The lowest BCUT2D eigenvalue weighted by Crippen LogP contribution is -2.35. The monoisotopic (exact) mass is 317 g/mol. The van der Waals surface area contributed by atoms with Crippen LogP contribution >= 0.6 is 15.9 Å². The molecule has 100 valence electrons. The lowest BCUT2D eigenvalue weighted by molar-refractivity contribution is -0.128. The van der Waals surface area contributed by atoms with Crippen LogP contribution in [0.1, 0.15) is 13.8 Å². The number of carbonyl (C=O) groups excluding carboxylic acids is 1. The molecule has 0 spiro atoms. The maximum Gasteiger partial charge on any atom is 0.241 e. The highest BCUT2D eigenvalue weighted by molar-refractivity contribution is 9.10. The molecule has 0 aliphatic rings. The molecule has 0 atom stereocenters. The van der Waals surface area contributed by atoms with E-state index in [0.29, 0.717) is 28.9 Å². The van der Waals surface area contributed by atoms with Crippen LogP contribution in [0, 0.1) is 5.82 Å². The number of nitrogens with one attached hydrogen (secondary N) is 1. The van der Waals surface area contributed by atoms with E-state index in [1.807, 2.05) is 13.8 Å². The van der Waals surface area contributed by atoms with Crippen molar-refractivity contribution in [2.75, 3.05) is 30.7 Å². The summed E-state index contributed by atoms with van der Waals surface area (Å²) in [7, 11) is 0. The van der Waals surface area contributed by atoms with Crippen molar-refractivity contribution in [2.24, 2.45) is 0 Å². The average Bonchev–Trinajstić information content (AvgIpc) is 2.33. The number of nitrogens with two attached hydrogens (primary N) is 1. The molecule has 0 heterocycles. The van der Waals surface area contributed by atoms with E-state index in [-0.39, 0.29) is 12.5 Å². The molecule has 0 aliphatic carbocycles. The van der Waals surface area contributed by atoms with Gasteiger partial charge in [-0.15, -0.1) is 0 Å². The smallest absolute Gasteiger partial charge is 0.241 e. The molecule has 0 saturated carbocycles. The van der Waals surface area contributed by atoms with Gasteiger partial charge in [0.05, 0.1) is 22.4 Å². The lowest BCUT2D eigenvalue weighted by atomic mass is 10.2. The van der Waals surface area contributed by atoms with Crippen LogP contribution in [0.2, 0.25) is 0 Å². The number of amides is 1. The maximum atomic E-state index is 13.3. The first-order valence-electron chi connectivity index (χ1n) is 5.75. The van der Waals surface area contributed by atoms with Gasteiger partial charge >= 0.3 is 0 Å². The van der Waals surface area contributed by atoms with Gasteiger partial charge in [-0.25, -0.2) is 4.39 Å². The molecule has 1 amide bonds. The summed E-state index contributed by atoms with van der Waals surface area (Å²) in [6.45, 7) is 5.24. The highest BCUT2D eigenvalue weighted by Crippen LogP contribution is 2.26. The number of rotatable bonds is 5. The predicted molar refractivity (Wildman–Crippen MR) is 74.9 cm³/mol. The van der Waals surface area contributed by atoms with E-state index in [9.17, 15) is 9.18 Å². The summed E-state index contributed by atoms with van der Waals surface area (Å²) in [5.41, 5.74) is 6.56. The Labute approximate surface area is 114 Å². The molecule has 0 aromatic heterocycles. The van der Waals surface area contributed by atoms with Gasteiger partial charge in [0.25, 0.3) is 0 Å².